The Kier molecular flexibility index (Phi) is 4.39. The molecule has 0 saturated carbocycles. The van der Waals surface area contributed by atoms with E-state index < -0.39 is 0 Å². The zero-order chi connectivity index (χ0) is 19.0. The number of benzene rings is 2. The molecule has 3 N–H and O–H groups in total. The highest BCUT2D eigenvalue weighted by molar-refractivity contribution is 6.08. The van der Waals surface area contributed by atoms with Crippen LogP contribution in [0.25, 0.3) is 22.0 Å². The van der Waals surface area contributed by atoms with Crippen LogP contribution in [-0.4, -0.2) is 23.4 Å². The number of hydrogen-bond donors (Lipinski definition) is 3. The van der Waals surface area contributed by atoms with Crippen LogP contribution >= 0.6 is 0 Å². The van der Waals surface area contributed by atoms with Gasteiger partial charge in [0.15, 0.2) is 11.5 Å². The Balaban J connectivity index is 1.81. The van der Waals surface area contributed by atoms with Gasteiger partial charge in [0.25, 0.3) is 0 Å². The smallest absolute Gasteiger partial charge is 0.161 e. The zero-order valence-electron chi connectivity index (χ0n) is 15.6. The number of ether oxygens (including phenoxy) is 2. The first-order valence-electron chi connectivity index (χ1n) is 9.06. The Hall–Kier alpha value is -3.15. The third kappa shape index (κ3) is 2.97. The molecular weight excluding hydrogens is 345 g/mol. The monoisotopic (exact) mass is 367 g/mol. The zero-order valence-corrected chi connectivity index (χ0v) is 15.6. The number of fused-ring (bicyclic) bond motifs is 3. The van der Waals surface area contributed by atoms with Crippen molar-refractivity contribution in [2.24, 2.45) is 0 Å². The molecule has 2 aliphatic rings. The molecule has 6 heteroatoms. The number of nitrogens with one attached hydrogen (secondary N) is 3. The molecular formula is C21H22FN3O2. The van der Waals surface area contributed by atoms with Gasteiger partial charge in [-0.3, -0.25) is 10.2 Å². The highest BCUT2D eigenvalue weighted by Gasteiger charge is 2.23. The molecule has 0 spiro atoms. The molecule has 2 aromatic rings. The number of halogens is 1. The molecule has 5 nitrogen and oxygen atoms in total. The van der Waals surface area contributed by atoms with E-state index in [2.05, 4.69) is 22.4 Å². The summed E-state index contributed by atoms with van der Waals surface area (Å²) in [6.07, 6.45) is 0. The first-order chi connectivity index (χ1) is 13.1. The standard InChI is InChI=1S/C21H22FN3O2/c1-4-26-17-10-15-12(3)19-20(16(15)11-18(17)27-5-2)24-25-21(19)23-14-8-6-13(22)7-9-14/h6-11,23-25H,4-5H2,1-3H3. The van der Waals surface area contributed by atoms with Gasteiger partial charge in [-0.05, 0) is 68.1 Å². The van der Waals surface area contributed by atoms with Crippen molar-refractivity contribution in [3.63, 3.8) is 0 Å². The number of aromatic nitrogens is 2. The lowest BCUT2D eigenvalue weighted by molar-refractivity contribution is 0.288. The first-order valence-corrected chi connectivity index (χ1v) is 9.06. The summed E-state index contributed by atoms with van der Waals surface area (Å²) in [6, 6.07) is 10.3. The van der Waals surface area contributed by atoms with Gasteiger partial charge in [-0.2, -0.15) is 0 Å². The molecule has 0 atom stereocenters. The van der Waals surface area contributed by atoms with E-state index in [0.29, 0.717) is 13.2 Å². The van der Waals surface area contributed by atoms with Crippen molar-refractivity contribution >= 4 is 22.3 Å². The summed E-state index contributed by atoms with van der Waals surface area (Å²) in [4.78, 5) is 0. The van der Waals surface area contributed by atoms with E-state index in [1.54, 1.807) is 12.1 Å². The Labute approximate surface area is 156 Å². The Morgan fingerprint density at radius 3 is 2.19 bits per heavy atom. The number of anilines is 2. The van der Waals surface area contributed by atoms with E-state index in [1.165, 1.54) is 12.1 Å². The second kappa shape index (κ2) is 6.87. The van der Waals surface area contributed by atoms with Crippen molar-refractivity contribution in [1.82, 2.24) is 10.2 Å². The predicted molar refractivity (Wildman–Crippen MR) is 106 cm³/mol. The van der Waals surface area contributed by atoms with Crippen LogP contribution in [0.4, 0.5) is 15.9 Å². The molecule has 4 rings (SSSR count). The molecule has 140 valence electrons. The summed E-state index contributed by atoms with van der Waals surface area (Å²) in [5.74, 6) is 2.06. The van der Waals surface area contributed by atoms with Gasteiger partial charge >= 0.3 is 0 Å². The van der Waals surface area contributed by atoms with Gasteiger partial charge in [-0.25, -0.2) is 4.39 Å². The second-order valence-electron chi connectivity index (χ2n) is 6.34. The fourth-order valence-electron chi connectivity index (χ4n) is 3.47. The third-order valence-corrected chi connectivity index (χ3v) is 4.66. The summed E-state index contributed by atoms with van der Waals surface area (Å²) < 4.78 is 24.7. The number of aryl methyl sites for hydroxylation is 1. The second-order valence-corrected chi connectivity index (χ2v) is 6.34. The van der Waals surface area contributed by atoms with Crippen LogP contribution in [-0.2, 0) is 0 Å². The van der Waals surface area contributed by atoms with Crippen molar-refractivity contribution in [2.75, 3.05) is 18.5 Å². The molecule has 1 aliphatic heterocycles. The number of hydrogen-bond acceptors (Lipinski definition) is 3. The Morgan fingerprint density at radius 1 is 0.926 bits per heavy atom. The van der Waals surface area contributed by atoms with E-state index in [-0.39, 0.29) is 5.82 Å². The maximum Gasteiger partial charge on any atom is 0.161 e. The summed E-state index contributed by atoms with van der Waals surface area (Å²) >= 11 is 0. The average molecular weight is 367 g/mol. The molecule has 0 saturated heterocycles. The van der Waals surface area contributed by atoms with Gasteiger partial charge in [0.1, 0.15) is 11.6 Å². The fraction of sp³-hybridized carbons (Fsp3) is 0.238. The van der Waals surface area contributed by atoms with Crippen molar-refractivity contribution < 1.29 is 13.9 Å². The summed E-state index contributed by atoms with van der Waals surface area (Å²) in [5, 5.41) is 11.9. The van der Waals surface area contributed by atoms with Crippen LogP contribution in [0.5, 0.6) is 11.5 Å². The highest BCUT2D eigenvalue weighted by atomic mass is 19.1. The lowest BCUT2D eigenvalue weighted by Gasteiger charge is -2.11. The SMILES string of the molecule is CCOc1cc2c3[nH][nH]c(Nc4ccc(F)cc4)c-3c(C)c2cc1OCC. The fourth-order valence-corrected chi connectivity index (χ4v) is 3.47. The minimum Gasteiger partial charge on any atom is -0.490 e. The van der Waals surface area contributed by atoms with Crippen molar-refractivity contribution in [3.8, 4) is 22.8 Å². The van der Waals surface area contributed by atoms with E-state index in [0.717, 1.165) is 50.6 Å². The van der Waals surface area contributed by atoms with Crippen molar-refractivity contribution in [3.05, 3.63) is 47.8 Å². The lowest BCUT2D eigenvalue weighted by atomic mass is 10.1. The molecule has 0 unspecified atom stereocenters. The summed E-state index contributed by atoms with van der Waals surface area (Å²) in [7, 11) is 0. The molecule has 1 aliphatic carbocycles. The summed E-state index contributed by atoms with van der Waals surface area (Å²) in [6.45, 7) is 7.15. The predicted octanol–water partition coefficient (Wildman–Crippen LogP) is 5.59. The normalized spacial score (nSPS) is 11.3. The maximum absolute atomic E-state index is 13.2. The van der Waals surface area contributed by atoms with Gasteiger partial charge in [-0.1, -0.05) is 0 Å². The first kappa shape index (κ1) is 17.3. The lowest BCUT2D eigenvalue weighted by Crippen LogP contribution is -1.98. The van der Waals surface area contributed by atoms with Crippen LogP contribution in [0.3, 0.4) is 0 Å². The van der Waals surface area contributed by atoms with Gasteiger partial charge in [0.2, 0.25) is 0 Å². The number of aromatic amines is 2. The quantitative estimate of drug-likeness (QED) is 0.416. The number of H-pyrrole nitrogens is 2. The van der Waals surface area contributed by atoms with Crippen molar-refractivity contribution in [2.45, 2.75) is 20.8 Å². The average Bonchev–Trinajstić information content (AvgIpc) is 3.18. The molecule has 0 fully saturated rings. The summed E-state index contributed by atoms with van der Waals surface area (Å²) in [5.41, 5.74) is 4.00. The Morgan fingerprint density at radius 2 is 1.56 bits per heavy atom. The minimum absolute atomic E-state index is 0.258. The van der Waals surface area contributed by atoms with Crippen LogP contribution in [0.1, 0.15) is 19.4 Å². The van der Waals surface area contributed by atoms with E-state index in [1.807, 2.05) is 26.0 Å². The highest BCUT2D eigenvalue weighted by Crippen LogP contribution is 2.46. The van der Waals surface area contributed by atoms with E-state index in [9.17, 15) is 4.39 Å². The van der Waals surface area contributed by atoms with Crippen LogP contribution in [0, 0.1) is 12.7 Å². The third-order valence-electron chi connectivity index (χ3n) is 4.66. The van der Waals surface area contributed by atoms with Gasteiger partial charge in [-0.15, -0.1) is 0 Å². The maximum atomic E-state index is 13.2. The topological polar surface area (TPSA) is 62.1 Å². The molecule has 0 aromatic heterocycles. The molecule has 0 bridgehead atoms. The van der Waals surface area contributed by atoms with E-state index >= 15 is 0 Å². The van der Waals surface area contributed by atoms with Gasteiger partial charge < -0.3 is 14.8 Å². The van der Waals surface area contributed by atoms with Gasteiger partial charge in [0.05, 0.1) is 18.9 Å². The Bertz CT molecular complexity index is 1050. The molecule has 1 heterocycles. The van der Waals surface area contributed by atoms with Crippen LogP contribution < -0.4 is 14.8 Å². The molecule has 0 amide bonds. The van der Waals surface area contributed by atoms with Gasteiger partial charge in [0, 0.05) is 16.6 Å². The largest absolute Gasteiger partial charge is 0.490 e. The van der Waals surface area contributed by atoms with Crippen molar-refractivity contribution in [1.29, 1.82) is 0 Å². The van der Waals surface area contributed by atoms with E-state index in [4.69, 9.17) is 9.47 Å². The number of rotatable bonds is 6. The molecule has 27 heavy (non-hydrogen) atoms. The van der Waals surface area contributed by atoms with Crippen LogP contribution in [0.2, 0.25) is 0 Å². The molecule has 0 radical (unpaired) electrons. The van der Waals surface area contributed by atoms with Crippen LogP contribution in [0.15, 0.2) is 36.4 Å². The molecule has 2 aromatic carbocycles. The minimum atomic E-state index is -0.258.